The van der Waals surface area contributed by atoms with Crippen LogP contribution in [0, 0.1) is 11.8 Å². The molecule has 0 radical (unpaired) electrons. The van der Waals surface area contributed by atoms with Crippen LogP contribution in [-0.2, 0) is 11.2 Å². The summed E-state index contributed by atoms with van der Waals surface area (Å²) in [6.07, 6.45) is 2.04. The highest BCUT2D eigenvalue weighted by molar-refractivity contribution is 5.80. The lowest BCUT2D eigenvalue weighted by atomic mass is 9.93. The van der Waals surface area contributed by atoms with Gasteiger partial charge in [-0.3, -0.25) is 4.79 Å². The number of rotatable bonds is 3. The zero-order valence-corrected chi connectivity index (χ0v) is 12.1. The van der Waals surface area contributed by atoms with Gasteiger partial charge in [-0.2, -0.15) is 0 Å². The molecule has 2 heterocycles. The van der Waals surface area contributed by atoms with Crippen LogP contribution in [0.4, 0.5) is 5.69 Å². The molecule has 3 rings (SSSR count). The number of para-hydroxylation sites is 1. The Hall–Kier alpha value is -1.55. The average molecular weight is 273 g/mol. The Balaban J connectivity index is 1.51. The number of amides is 1. The molecule has 2 aliphatic rings. The number of hydrogen-bond donors (Lipinski definition) is 2. The van der Waals surface area contributed by atoms with Crippen LogP contribution in [-0.4, -0.2) is 44.0 Å². The first-order valence-corrected chi connectivity index (χ1v) is 7.50. The van der Waals surface area contributed by atoms with Crippen molar-refractivity contribution in [1.82, 2.24) is 10.2 Å². The second kappa shape index (κ2) is 5.83. The maximum Gasteiger partial charge on any atom is 0.225 e. The Morgan fingerprint density at radius 3 is 3.10 bits per heavy atom. The van der Waals surface area contributed by atoms with Gasteiger partial charge in [-0.05, 0) is 44.0 Å². The van der Waals surface area contributed by atoms with Crippen molar-refractivity contribution in [3.63, 3.8) is 0 Å². The summed E-state index contributed by atoms with van der Waals surface area (Å²) in [6, 6.07) is 8.25. The third-order valence-electron chi connectivity index (χ3n) is 4.45. The summed E-state index contributed by atoms with van der Waals surface area (Å²) in [5.41, 5.74) is 2.42. The van der Waals surface area contributed by atoms with Crippen LogP contribution < -0.4 is 10.6 Å². The van der Waals surface area contributed by atoms with Crippen molar-refractivity contribution in [2.75, 3.05) is 38.5 Å². The molecule has 20 heavy (non-hydrogen) atoms. The summed E-state index contributed by atoms with van der Waals surface area (Å²) in [5, 5.41) is 6.50. The number of benzene rings is 1. The second-order valence-corrected chi connectivity index (χ2v) is 6.10. The first kappa shape index (κ1) is 13.4. The number of fused-ring (bicyclic) bond motifs is 1. The van der Waals surface area contributed by atoms with Crippen LogP contribution in [0.15, 0.2) is 24.3 Å². The first-order chi connectivity index (χ1) is 9.72. The molecule has 0 aromatic heterocycles. The zero-order valence-electron chi connectivity index (χ0n) is 12.1. The molecule has 1 aromatic rings. The van der Waals surface area contributed by atoms with E-state index in [1.807, 2.05) is 12.1 Å². The van der Waals surface area contributed by atoms with E-state index in [2.05, 4.69) is 34.7 Å². The highest BCUT2D eigenvalue weighted by atomic mass is 16.1. The smallest absolute Gasteiger partial charge is 0.225 e. The topological polar surface area (TPSA) is 44.4 Å². The molecule has 1 amide bonds. The lowest BCUT2D eigenvalue weighted by molar-refractivity contribution is -0.124. The maximum atomic E-state index is 12.3. The summed E-state index contributed by atoms with van der Waals surface area (Å²) in [7, 11) is 2.14. The molecule has 2 atom stereocenters. The highest BCUT2D eigenvalue weighted by Crippen LogP contribution is 2.24. The van der Waals surface area contributed by atoms with Gasteiger partial charge in [0.25, 0.3) is 0 Å². The van der Waals surface area contributed by atoms with Gasteiger partial charge >= 0.3 is 0 Å². The van der Waals surface area contributed by atoms with Gasteiger partial charge in [-0.25, -0.2) is 0 Å². The fraction of sp³-hybridized carbons (Fsp3) is 0.562. The second-order valence-electron chi connectivity index (χ2n) is 6.10. The molecule has 0 bridgehead atoms. The number of likely N-dealkylation sites (tertiary alicyclic amines) is 1. The van der Waals surface area contributed by atoms with Crippen molar-refractivity contribution in [2.45, 2.75) is 12.8 Å². The van der Waals surface area contributed by atoms with Gasteiger partial charge in [0.15, 0.2) is 0 Å². The van der Waals surface area contributed by atoms with Gasteiger partial charge in [0.2, 0.25) is 5.91 Å². The SMILES string of the molecule is CN1CCC(CNC(=O)C2CNc3ccccc3C2)C1. The standard InChI is InChI=1S/C16H23N3O/c1-19-7-6-12(11-19)9-18-16(20)14-8-13-4-2-3-5-15(13)17-10-14/h2-5,12,14,17H,6-11H2,1H3,(H,18,20). The van der Waals surface area contributed by atoms with Crippen LogP contribution in [0.5, 0.6) is 0 Å². The van der Waals surface area contributed by atoms with Crippen LogP contribution in [0.2, 0.25) is 0 Å². The van der Waals surface area contributed by atoms with Crippen molar-refractivity contribution in [1.29, 1.82) is 0 Å². The molecule has 0 spiro atoms. The summed E-state index contributed by atoms with van der Waals surface area (Å²) in [4.78, 5) is 14.6. The summed E-state index contributed by atoms with van der Waals surface area (Å²) >= 11 is 0. The summed E-state index contributed by atoms with van der Waals surface area (Å²) < 4.78 is 0. The predicted molar refractivity (Wildman–Crippen MR) is 80.7 cm³/mol. The minimum Gasteiger partial charge on any atom is -0.384 e. The molecular formula is C16H23N3O. The average Bonchev–Trinajstić information content (AvgIpc) is 2.90. The third-order valence-corrected chi connectivity index (χ3v) is 4.45. The lowest BCUT2D eigenvalue weighted by Crippen LogP contribution is -2.40. The molecule has 108 valence electrons. The van der Waals surface area contributed by atoms with E-state index in [0.717, 1.165) is 32.6 Å². The molecule has 2 N–H and O–H groups in total. The van der Waals surface area contributed by atoms with Crippen LogP contribution in [0.25, 0.3) is 0 Å². The van der Waals surface area contributed by atoms with Crippen molar-refractivity contribution < 1.29 is 4.79 Å². The Labute approximate surface area is 120 Å². The van der Waals surface area contributed by atoms with Gasteiger partial charge in [-0.15, -0.1) is 0 Å². The largest absolute Gasteiger partial charge is 0.384 e. The zero-order chi connectivity index (χ0) is 13.9. The van der Waals surface area contributed by atoms with Gasteiger partial charge in [-0.1, -0.05) is 18.2 Å². The van der Waals surface area contributed by atoms with Gasteiger partial charge in [0.1, 0.15) is 0 Å². The third kappa shape index (κ3) is 2.96. The number of nitrogens with zero attached hydrogens (tertiary/aromatic N) is 1. The van der Waals surface area contributed by atoms with Crippen LogP contribution in [0.3, 0.4) is 0 Å². The molecule has 4 nitrogen and oxygen atoms in total. The Bertz CT molecular complexity index is 488. The molecule has 1 saturated heterocycles. The highest BCUT2D eigenvalue weighted by Gasteiger charge is 2.25. The summed E-state index contributed by atoms with van der Waals surface area (Å²) in [6.45, 7) is 3.82. The minimum absolute atomic E-state index is 0.0593. The van der Waals surface area contributed by atoms with E-state index in [1.54, 1.807) is 0 Å². The van der Waals surface area contributed by atoms with Crippen molar-refractivity contribution in [2.24, 2.45) is 11.8 Å². The molecule has 0 saturated carbocycles. The quantitative estimate of drug-likeness (QED) is 0.873. The number of carbonyl (C=O) groups is 1. The van der Waals surface area contributed by atoms with Gasteiger partial charge < -0.3 is 15.5 Å². The number of nitrogens with one attached hydrogen (secondary N) is 2. The minimum atomic E-state index is 0.0593. The maximum absolute atomic E-state index is 12.3. The first-order valence-electron chi connectivity index (χ1n) is 7.50. The van der Waals surface area contributed by atoms with E-state index in [-0.39, 0.29) is 11.8 Å². The Morgan fingerprint density at radius 1 is 1.45 bits per heavy atom. The van der Waals surface area contributed by atoms with Crippen LogP contribution in [0.1, 0.15) is 12.0 Å². The van der Waals surface area contributed by atoms with E-state index in [0.29, 0.717) is 5.92 Å². The van der Waals surface area contributed by atoms with E-state index < -0.39 is 0 Å². The number of anilines is 1. The molecule has 0 aliphatic carbocycles. The van der Waals surface area contributed by atoms with Gasteiger partial charge in [0.05, 0.1) is 5.92 Å². The van der Waals surface area contributed by atoms with Crippen molar-refractivity contribution in [3.8, 4) is 0 Å². The fourth-order valence-corrected chi connectivity index (χ4v) is 3.21. The molecule has 1 fully saturated rings. The van der Waals surface area contributed by atoms with Crippen molar-refractivity contribution >= 4 is 11.6 Å². The number of hydrogen-bond acceptors (Lipinski definition) is 3. The van der Waals surface area contributed by atoms with Crippen LogP contribution >= 0.6 is 0 Å². The molecular weight excluding hydrogens is 250 g/mol. The normalized spacial score (nSPS) is 25.9. The lowest BCUT2D eigenvalue weighted by Gasteiger charge is -2.25. The molecule has 2 aliphatic heterocycles. The van der Waals surface area contributed by atoms with E-state index in [1.165, 1.54) is 17.7 Å². The van der Waals surface area contributed by atoms with E-state index in [9.17, 15) is 4.79 Å². The summed E-state index contributed by atoms with van der Waals surface area (Å²) in [5.74, 6) is 0.873. The molecule has 1 aromatic carbocycles. The molecule has 4 heteroatoms. The number of carbonyl (C=O) groups excluding carboxylic acids is 1. The Morgan fingerprint density at radius 2 is 2.30 bits per heavy atom. The Kier molecular flexibility index (Phi) is 3.92. The van der Waals surface area contributed by atoms with Crippen molar-refractivity contribution in [3.05, 3.63) is 29.8 Å². The van der Waals surface area contributed by atoms with E-state index in [4.69, 9.17) is 0 Å². The molecule has 2 unspecified atom stereocenters. The fourth-order valence-electron chi connectivity index (χ4n) is 3.21. The van der Waals surface area contributed by atoms with E-state index >= 15 is 0 Å². The van der Waals surface area contributed by atoms with Gasteiger partial charge in [0, 0.05) is 25.3 Å². The monoisotopic (exact) mass is 273 g/mol. The predicted octanol–water partition coefficient (Wildman–Crippen LogP) is 1.34.